The Balaban J connectivity index is 1.83. The minimum absolute atomic E-state index is 0.305. The number of hydrogen-bond acceptors (Lipinski definition) is 2. The Morgan fingerprint density at radius 1 is 1.30 bits per heavy atom. The molecule has 0 bridgehead atoms. The third kappa shape index (κ3) is 3.99. The van der Waals surface area contributed by atoms with Gasteiger partial charge >= 0.3 is 5.97 Å². The average molecular weight is 276 g/mol. The molecule has 0 aliphatic carbocycles. The van der Waals surface area contributed by atoms with Gasteiger partial charge in [-0.25, -0.2) is 4.79 Å². The van der Waals surface area contributed by atoms with Crippen molar-refractivity contribution in [2.75, 3.05) is 0 Å². The van der Waals surface area contributed by atoms with Gasteiger partial charge < -0.3 is 9.84 Å². The number of benzene rings is 1. The molecule has 20 heavy (non-hydrogen) atoms. The van der Waals surface area contributed by atoms with Crippen LogP contribution in [0.25, 0.3) is 0 Å². The number of fused-ring (bicyclic) bond motifs is 1. The van der Waals surface area contributed by atoms with Gasteiger partial charge in [0.05, 0.1) is 11.7 Å². The second-order valence-corrected chi connectivity index (χ2v) is 5.61. The van der Waals surface area contributed by atoms with Crippen LogP contribution < -0.4 is 4.74 Å². The molecule has 0 saturated carbocycles. The lowest BCUT2D eigenvalue weighted by atomic mass is 9.97. The van der Waals surface area contributed by atoms with E-state index in [-0.39, 0.29) is 0 Å². The van der Waals surface area contributed by atoms with Gasteiger partial charge in [0.1, 0.15) is 5.75 Å². The highest BCUT2D eigenvalue weighted by Crippen LogP contribution is 2.30. The van der Waals surface area contributed by atoms with Crippen LogP contribution in [0.1, 0.15) is 67.8 Å². The third-order valence-electron chi connectivity index (χ3n) is 3.97. The number of aryl methyl sites for hydroxylation is 1. The number of unbranched alkanes of at least 4 members (excludes halogenated alkanes) is 4. The minimum Gasteiger partial charge on any atom is -0.490 e. The fraction of sp³-hybridized carbons (Fsp3) is 0.588. The van der Waals surface area contributed by atoms with Gasteiger partial charge in [0.15, 0.2) is 0 Å². The molecular weight excluding hydrogens is 252 g/mol. The number of carboxylic acids is 1. The molecule has 0 saturated heterocycles. The highest BCUT2D eigenvalue weighted by Gasteiger charge is 2.20. The van der Waals surface area contributed by atoms with E-state index in [1.165, 1.54) is 32.1 Å². The normalized spacial score (nSPS) is 17.4. The molecule has 2 rings (SSSR count). The van der Waals surface area contributed by atoms with E-state index in [0.717, 1.165) is 30.6 Å². The first-order chi connectivity index (χ1) is 9.70. The molecule has 1 atom stereocenters. The van der Waals surface area contributed by atoms with Crippen LogP contribution in [0.5, 0.6) is 5.75 Å². The molecule has 1 unspecified atom stereocenters. The summed E-state index contributed by atoms with van der Waals surface area (Å²) in [6, 6.07) is 5.18. The molecule has 3 heteroatoms. The fourth-order valence-electron chi connectivity index (χ4n) is 2.76. The summed E-state index contributed by atoms with van der Waals surface area (Å²) in [4.78, 5) is 10.9. The summed E-state index contributed by atoms with van der Waals surface area (Å²) in [5.41, 5.74) is 1.39. The van der Waals surface area contributed by atoms with Crippen molar-refractivity contribution in [2.24, 2.45) is 0 Å². The Bertz CT molecular complexity index is 454. The van der Waals surface area contributed by atoms with Crippen LogP contribution in [0.15, 0.2) is 18.2 Å². The van der Waals surface area contributed by atoms with Crippen LogP contribution in [-0.2, 0) is 6.42 Å². The van der Waals surface area contributed by atoms with E-state index in [1.54, 1.807) is 12.1 Å². The van der Waals surface area contributed by atoms with Crippen molar-refractivity contribution >= 4 is 5.97 Å². The fourth-order valence-corrected chi connectivity index (χ4v) is 2.76. The molecule has 1 aromatic rings. The summed E-state index contributed by atoms with van der Waals surface area (Å²) < 4.78 is 5.98. The molecule has 0 amide bonds. The molecule has 1 N–H and O–H groups in total. The van der Waals surface area contributed by atoms with Crippen LogP contribution in [0, 0.1) is 0 Å². The van der Waals surface area contributed by atoms with Crippen LogP contribution in [0.4, 0.5) is 0 Å². The van der Waals surface area contributed by atoms with Crippen LogP contribution in [0.3, 0.4) is 0 Å². The summed E-state index contributed by atoms with van der Waals surface area (Å²) in [5, 5.41) is 8.98. The maximum absolute atomic E-state index is 10.9. The Morgan fingerprint density at radius 2 is 2.10 bits per heavy atom. The van der Waals surface area contributed by atoms with Gasteiger partial charge in [0, 0.05) is 0 Å². The van der Waals surface area contributed by atoms with E-state index in [0.29, 0.717) is 11.7 Å². The largest absolute Gasteiger partial charge is 0.490 e. The van der Waals surface area contributed by atoms with Crippen molar-refractivity contribution in [3.63, 3.8) is 0 Å². The van der Waals surface area contributed by atoms with Gasteiger partial charge in [-0.15, -0.1) is 0 Å². The number of carboxylic acid groups (broad SMARTS) is 1. The Hall–Kier alpha value is -1.51. The van der Waals surface area contributed by atoms with Crippen molar-refractivity contribution < 1.29 is 14.6 Å². The summed E-state index contributed by atoms with van der Waals surface area (Å²) in [6.45, 7) is 2.23. The van der Waals surface area contributed by atoms with Gasteiger partial charge in [-0.3, -0.25) is 0 Å². The average Bonchev–Trinajstić information content (AvgIpc) is 2.46. The van der Waals surface area contributed by atoms with Gasteiger partial charge in [-0.05, 0) is 49.4 Å². The zero-order valence-corrected chi connectivity index (χ0v) is 12.2. The molecule has 1 heterocycles. The van der Waals surface area contributed by atoms with Crippen molar-refractivity contribution in [3.05, 3.63) is 29.3 Å². The third-order valence-corrected chi connectivity index (χ3v) is 3.97. The standard InChI is InChI=1S/C17H24O3/c1-2-3-4-5-6-7-15-10-8-13-12-14(17(18)19)9-11-16(13)20-15/h9,11-12,15H,2-8,10H2,1H3,(H,18,19). The molecule has 3 nitrogen and oxygen atoms in total. The van der Waals surface area contributed by atoms with E-state index in [2.05, 4.69) is 6.92 Å². The Morgan fingerprint density at radius 3 is 2.85 bits per heavy atom. The van der Waals surface area contributed by atoms with Crippen LogP contribution in [0.2, 0.25) is 0 Å². The first-order valence-corrected chi connectivity index (χ1v) is 7.73. The van der Waals surface area contributed by atoms with Crippen LogP contribution in [-0.4, -0.2) is 17.2 Å². The van der Waals surface area contributed by atoms with Crippen molar-refractivity contribution in [1.82, 2.24) is 0 Å². The van der Waals surface area contributed by atoms with Gasteiger partial charge in [-0.1, -0.05) is 32.6 Å². The Labute approximate surface area is 121 Å². The highest BCUT2D eigenvalue weighted by molar-refractivity contribution is 5.88. The lowest BCUT2D eigenvalue weighted by Crippen LogP contribution is -2.22. The zero-order valence-electron chi connectivity index (χ0n) is 12.2. The quantitative estimate of drug-likeness (QED) is 0.749. The lowest BCUT2D eigenvalue weighted by molar-refractivity contribution is 0.0696. The topological polar surface area (TPSA) is 46.5 Å². The van der Waals surface area contributed by atoms with E-state index in [1.807, 2.05) is 6.07 Å². The molecule has 1 aromatic carbocycles. The van der Waals surface area contributed by atoms with Gasteiger partial charge in [-0.2, -0.15) is 0 Å². The number of carbonyl (C=O) groups is 1. The molecule has 0 aromatic heterocycles. The molecule has 1 aliphatic heterocycles. The van der Waals surface area contributed by atoms with Crippen LogP contribution >= 0.6 is 0 Å². The second-order valence-electron chi connectivity index (χ2n) is 5.61. The summed E-state index contributed by atoms with van der Waals surface area (Å²) >= 11 is 0. The summed E-state index contributed by atoms with van der Waals surface area (Å²) in [7, 11) is 0. The van der Waals surface area contributed by atoms with E-state index in [9.17, 15) is 4.79 Å². The first kappa shape index (κ1) is 14.9. The zero-order chi connectivity index (χ0) is 14.4. The summed E-state index contributed by atoms with van der Waals surface area (Å²) in [5.74, 6) is 0.00524. The molecular formula is C17H24O3. The number of aromatic carboxylic acids is 1. The number of rotatable bonds is 7. The SMILES string of the molecule is CCCCCCCC1CCc2cc(C(=O)O)ccc2O1. The predicted octanol–water partition coefficient (Wildman–Crippen LogP) is 4.44. The monoisotopic (exact) mass is 276 g/mol. The molecule has 0 spiro atoms. The van der Waals surface area contributed by atoms with Crippen molar-refractivity contribution in [3.8, 4) is 5.75 Å². The van der Waals surface area contributed by atoms with Gasteiger partial charge in [0.25, 0.3) is 0 Å². The van der Waals surface area contributed by atoms with E-state index < -0.39 is 5.97 Å². The van der Waals surface area contributed by atoms with Crippen molar-refractivity contribution in [2.45, 2.75) is 64.4 Å². The molecule has 0 radical (unpaired) electrons. The van der Waals surface area contributed by atoms with Gasteiger partial charge in [0.2, 0.25) is 0 Å². The molecule has 0 fully saturated rings. The second kappa shape index (κ2) is 7.32. The Kier molecular flexibility index (Phi) is 5.45. The smallest absolute Gasteiger partial charge is 0.335 e. The number of hydrogen-bond donors (Lipinski definition) is 1. The van der Waals surface area contributed by atoms with E-state index >= 15 is 0 Å². The predicted molar refractivity (Wildman–Crippen MR) is 79.5 cm³/mol. The van der Waals surface area contributed by atoms with Crippen molar-refractivity contribution in [1.29, 1.82) is 0 Å². The first-order valence-electron chi connectivity index (χ1n) is 7.73. The highest BCUT2D eigenvalue weighted by atomic mass is 16.5. The minimum atomic E-state index is -0.870. The molecule has 1 aliphatic rings. The maximum atomic E-state index is 10.9. The lowest BCUT2D eigenvalue weighted by Gasteiger charge is -2.26. The molecule has 110 valence electrons. The van der Waals surface area contributed by atoms with E-state index in [4.69, 9.17) is 9.84 Å². The number of ether oxygens (including phenoxy) is 1. The summed E-state index contributed by atoms with van der Waals surface area (Å²) in [6.07, 6.45) is 9.79. The maximum Gasteiger partial charge on any atom is 0.335 e.